The molecule has 0 radical (unpaired) electrons. The second-order valence-electron chi connectivity index (χ2n) is 5.28. The molecule has 0 fully saturated rings. The molecule has 0 aliphatic carbocycles. The molecule has 128 valence electrons. The van der Waals surface area contributed by atoms with Gasteiger partial charge < -0.3 is 14.4 Å². The van der Waals surface area contributed by atoms with E-state index in [1.807, 2.05) is 35.0 Å². The van der Waals surface area contributed by atoms with E-state index < -0.39 is 5.97 Å². The van der Waals surface area contributed by atoms with Gasteiger partial charge in [0.1, 0.15) is 6.73 Å². The zero-order chi connectivity index (χ0) is 17.8. The molecule has 1 aromatic carbocycles. The first-order valence-electron chi connectivity index (χ1n) is 7.79. The number of esters is 1. The van der Waals surface area contributed by atoms with Crippen LogP contribution in [0.3, 0.4) is 0 Å². The summed E-state index contributed by atoms with van der Waals surface area (Å²) in [6, 6.07) is 5.69. The highest BCUT2D eigenvalue weighted by Gasteiger charge is 2.28. The minimum absolute atomic E-state index is 0.305. The molecule has 3 rings (SSSR count). The number of ether oxygens (including phenoxy) is 2. The molecule has 0 saturated heterocycles. The topological polar surface area (TPSA) is 67.8 Å². The van der Waals surface area contributed by atoms with Crippen molar-refractivity contribution in [3.8, 4) is 11.8 Å². The van der Waals surface area contributed by atoms with Crippen LogP contribution in [0.5, 0.6) is 0 Å². The lowest BCUT2D eigenvalue weighted by Gasteiger charge is -2.35. The number of hydrogen-bond donors (Lipinski definition) is 0. The summed E-state index contributed by atoms with van der Waals surface area (Å²) >= 11 is 0. The molecular formula is C18H18N4O3. The first kappa shape index (κ1) is 16.7. The Labute approximate surface area is 146 Å². The van der Waals surface area contributed by atoms with Crippen molar-refractivity contribution in [2.24, 2.45) is 0 Å². The molecular weight excluding hydrogens is 320 g/mol. The van der Waals surface area contributed by atoms with Crippen LogP contribution in [0.25, 0.3) is 0 Å². The zero-order valence-corrected chi connectivity index (χ0v) is 14.3. The van der Waals surface area contributed by atoms with Crippen molar-refractivity contribution in [1.29, 1.82) is 0 Å². The Kier molecular flexibility index (Phi) is 4.82. The molecule has 7 nitrogen and oxygen atoms in total. The van der Waals surface area contributed by atoms with Gasteiger partial charge in [-0.3, -0.25) is 4.90 Å². The lowest BCUT2D eigenvalue weighted by molar-refractivity contribution is -0.136. The maximum absolute atomic E-state index is 11.4. The maximum atomic E-state index is 11.4. The fourth-order valence-corrected chi connectivity index (χ4v) is 2.63. The molecule has 7 heteroatoms. The minimum Gasteiger partial charge on any atom is -0.456 e. The van der Waals surface area contributed by atoms with Gasteiger partial charge in [0, 0.05) is 38.0 Å². The number of anilines is 4. The lowest BCUT2D eigenvalue weighted by Crippen LogP contribution is -2.30. The standard InChI is InChI=1S/C18H18N4O3/c1-4-25-16(23)8-6-13-5-7-14-15(11-13)22(12-24-3)18-17(21(14)2)19-9-10-20-18/h5,7,9-11H,4,12H2,1-3H3. The molecule has 0 atom stereocenters. The van der Waals surface area contributed by atoms with Gasteiger partial charge in [-0.05, 0) is 25.1 Å². The summed E-state index contributed by atoms with van der Waals surface area (Å²) in [4.78, 5) is 24.2. The monoisotopic (exact) mass is 338 g/mol. The number of methoxy groups -OCH3 is 1. The van der Waals surface area contributed by atoms with Crippen molar-refractivity contribution in [3.05, 3.63) is 36.2 Å². The number of carbonyl (C=O) groups excluding carboxylic acids is 1. The van der Waals surface area contributed by atoms with Gasteiger partial charge in [-0.15, -0.1) is 0 Å². The Morgan fingerprint density at radius 1 is 1.20 bits per heavy atom. The number of fused-ring (bicyclic) bond motifs is 2. The Balaban J connectivity index is 2.03. The molecule has 2 aromatic rings. The second kappa shape index (κ2) is 7.20. The lowest BCUT2D eigenvalue weighted by atomic mass is 10.1. The van der Waals surface area contributed by atoms with Crippen molar-refractivity contribution >= 4 is 29.0 Å². The largest absolute Gasteiger partial charge is 0.456 e. The molecule has 1 aliphatic rings. The third kappa shape index (κ3) is 3.25. The summed E-state index contributed by atoms with van der Waals surface area (Å²) in [5, 5.41) is 0. The Morgan fingerprint density at radius 3 is 2.68 bits per heavy atom. The van der Waals surface area contributed by atoms with E-state index in [0.29, 0.717) is 24.7 Å². The highest BCUT2D eigenvalue weighted by atomic mass is 16.5. The van der Waals surface area contributed by atoms with Crippen LogP contribution in [-0.2, 0) is 14.3 Å². The molecule has 0 saturated carbocycles. The minimum atomic E-state index is -0.540. The number of aromatic nitrogens is 2. The average molecular weight is 338 g/mol. The highest BCUT2D eigenvalue weighted by Crippen LogP contribution is 2.44. The molecule has 0 bridgehead atoms. The fraction of sp³-hybridized carbons (Fsp3) is 0.278. The third-order valence-corrected chi connectivity index (χ3v) is 3.70. The number of rotatable bonds is 3. The van der Waals surface area contributed by atoms with Crippen molar-refractivity contribution < 1.29 is 14.3 Å². The van der Waals surface area contributed by atoms with Gasteiger partial charge in [-0.2, -0.15) is 0 Å². The third-order valence-electron chi connectivity index (χ3n) is 3.70. The predicted octanol–water partition coefficient (Wildman–Crippen LogP) is 2.21. The van der Waals surface area contributed by atoms with Crippen molar-refractivity contribution in [2.75, 3.05) is 37.3 Å². The quantitative estimate of drug-likeness (QED) is 0.628. The Bertz CT molecular complexity index is 857. The summed E-state index contributed by atoms with van der Waals surface area (Å²) in [6.07, 6.45) is 3.30. The van der Waals surface area contributed by atoms with Crippen LogP contribution in [0.4, 0.5) is 23.0 Å². The van der Waals surface area contributed by atoms with Crippen LogP contribution < -0.4 is 9.80 Å². The normalized spacial score (nSPS) is 12.0. The van der Waals surface area contributed by atoms with E-state index in [4.69, 9.17) is 9.47 Å². The van der Waals surface area contributed by atoms with Crippen LogP contribution in [0.2, 0.25) is 0 Å². The van der Waals surface area contributed by atoms with Crippen molar-refractivity contribution in [2.45, 2.75) is 6.92 Å². The highest BCUT2D eigenvalue weighted by molar-refractivity contribution is 5.91. The van der Waals surface area contributed by atoms with Crippen LogP contribution >= 0.6 is 0 Å². The van der Waals surface area contributed by atoms with E-state index in [-0.39, 0.29) is 0 Å². The zero-order valence-electron chi connectivity index (χ0n) is 14.3. The van der Waals surface area contributed by atoms with Gasteiger partial charge in [0.2, 0.25) is 0 Å². The molecule has 25 heavy (non-hydrogen) atoms. The van der Waals surface area contributed by atoms with Crippen LogP contribution in [0, 0.1) is 11.8 Å². The first-order chi connectivity index (χ1) is 12.2. The van der Waals surface area contributed by atoms with Crippen LogP contribution in [0.1, 0.15) is 12.5 Å². The first-order valence-corrected chi connectivity index (χ1v) is 7.79. The van der Waals surface area contributed by atoms with Gasteiger partial charge in [0.05, 0.1) is 18.0 Å². The maximum Gasteiger partial charge on any atom is 0.384 e. The van der Waals surface area contributed by atoms with Crippen LogP contribution in [0.15, 0.2) is 30.6 Å². The molecule has 2 heterocycles. The van der Waals surface area contributed by atoms with Gasteiger partial charge in [-0.25, -0.2) is 14.8 Å². The molecule has 0 N–H and O–H groups in total. The average Bonchev–Trinajstić information content (AvgIpc) is 2.63. The molecule has 0 spiro atoms. The fourth-order valence-electron chi connectivity index (χ4n) is 2.63. The van der Waals surface area contributed by atoms with E-state index in [2.05, 4.69) is 21.8 Å². The van der Waals surface area contributed by atoms with Gasteiger partial charge in [-0.1, -0.05) is 5.92 Å². The van der Waals surface area contributed by atoms with Gasteiger partial charge >= 0.3 is 5.97 Å². The predicted molar refractivity (Wildman–Crippen MR) is 94.1 cm³/mol. The van der Waals surface area contributed by atoms with E-state index >= 15 is 0 Å². The van der Waals surface area contributed by atoms with Gasteiger partial charge in [0.15, 0.2) is 11.6 Å². The molecule has 0 amide bonds. The summed E-state index contributed by atoms with van der Waals surface area (Å²) < 4.78 is 10.2. The molecule has 0 unspecified atom stereocenters. The second-order valence-corrected chi connectivity index (χ2v) is 5.28. The van der Waals surface area contributed by atoms with E-state index in [0.717, 1.165) is 17.2 Å². The van der Waals surface area contributed by atoms with E-state index in [9.17, 15) is 4.79 Å². The summed E-state index contributed by atoms with van der Waals surface area (Å²) in [5.74, 6) is 6.23. The van der Waals surface area contributed by atoms with E-state index in [1.54, 1.807) is 26.4 Å². The molecule has 1 aliphatic heterocycles. The van der Waals surface area contributed by atoms with Crippen LogP contribution in [-0.4, -0.2) is 43.4 Å². The molecule has 1 aromatic heterocycles. The van der Waals surface area contributed by atoms with Crippen molar-refractivity contribution in [3.63, 3.8) is 0 Å². The van der Waals surface area contributed by atoms with Crippen molar-refractivity contribution in [1.82, 2.24) is 9.97 Å². The number of nitrogens with zero attached hydrogens (tertiary/aromatic N) is 4. The Hall–Kier alpha value is -3.11. The Morgan fingerprint density at radius 2 is 1.96 bits per heavy atom. The number of hydrogen-bond acceptors (Lipinski definition) is 7. The SMILES string of the molecule is CCOC(=O)C#Cc1ccc2c(c1)N(COC)c1nccnc1N2C. The number of carbonyl (C=O) groups is 1. The van der Waals surface area contributed by atoms with E-state index in [1.165, 1.54) is 0 Å². The summed E-state index contributed by atoms with van der Waals surface area (Å²) in [6.45, 7) is 2.37. The summed E-state index contributed by atoms with van der Waals surface area (Å²) in [7, 11) is 3.55. The summed E-state index contributed by atoms with van der Waals surface area (Å²) in [5.41, 5.74) is 2.54. The smallest absolute Gasteiger partial charge is 0.384 e. The number of benzene rings is 1. The van der Waals surface area contributed by atoms with Gasteiger partial charge in [0.25, 0.3) is 0 Å².